The van der Waals surface area contributed by atoms with Crippen LogP contribution < -0.4 is 26.6 Å². The number of piperidine rings is 2. The number of amides is 7. The van der Waals surface area contributed by atoms with Crippen LogP contribution in [0.25, 0.3) is 0 Å². The molecule has 0 aromatic heterocycles. The van der Waals surface area contributed by atoms with Crippen LogP contribution in [0.2, 0.25) is 0 Å². The molecule has 6 aliphatic rings. The molecule has 2 saturated carbocycles. The predicted octanol–water partition coefficient (Wildman–Crippen LogP) is 2.93. The Morgan fingerprint density at radius 2 is 1.72 bits per heavy atom. The highest BCUT2D eigenvalue weighted by atomic mass is 16.2. The summed E-state index contributed by atoms with van der Waals surface area (Å²) in [7, 11) is 0. The van der Waals surface area contributed by atoms with Crippen LogP contribution in [-0.2, 0) is 32.0 Å². The molecule has 13 nitrogen and oxygen atoms in total. The van der Waals surface area contributed by atoms with Crippen molar-refractivity contribution >= 4 is 35.6 Å². The van der Waals surface area contributed by atoms with Gasteiger partial charge in [-0.05, 0) is 77.7 Å². The highest BCUT2D eigenvalue weighted by Gasteiger charge is 2.61. The van der Waals surface area contributed by atoms with Crippen LogP contribution in [0.5, 0.6) is 0 Å². The molecule has 3 heterocycles. The quantitative estimate of drug-likeness (QED) is 0.145. The number of carbonyl (C=O) groups is 6. The summed E-state index contributed by atoms with van der Waals surface area (Å²) in [5.74, 6) is -2.25. The minimum Gasteiger partial charge on any atom is -0.346 e. The zero-order chi connectivity index (χ0) is 38.9. The van der Waals surface area contributed by atoms with E-state index in [-0.39, 0.29) is 47.6 Å². The molecule has 3 aliphatic carbocycles. The van der Waals surface area contributed by atoms with Crippen molar-refractivity contribution in [3.63, 3.8) is 0 Å². The van der Waals surface area contributed by atoms with Gasteiger partial charge in [0.05, 0.1) is 12.1 Å². The summed E-state index contributed by atoms with van der Waals surface area (Å²) < 4.78 is 0. The van der Waals surface area contributed by atoms with Gasteiger partial charge in [0.2, 0.25) is 17.6 Å². The van der Waals surface area contributed by atoms with Gasteiger partial charge in [0.15, 0.2) is 0 Å². The first-order valence-electron chi connectivity index (χ1n) is 19.8. The topological polar surface area (TPSA) is 169 Å². The van der Waals surface area contributed by atoms with Gasteiger partial charge in [-0.1, -0.05) is 77.8 Å². The van der Waals surface area contributed by atoms with Crippen LogP contribution in [0.15, 0.2) is 36.9 Å². The zero-order valence-electron chi connectivity index (χ0n) is 32.5. The van der Waals surface area contributed by atoms with Crippen LogP contribution in [0, 0.1) is 34.5 Å². The zero-order valence-corrected chi connectivity index (χ0v) is 32.5. The number of hydrogen-bond acceptors (Lipinski definition) is 6. The first-order chi connectivity index (χ1) is 25.6. The minimum absolute atomic E-state index is 0.133. The lowest BCUT2D eigenvalue weighted by atomic mass is 9.49. The van der Waals surface area contributed by atoms with E-state index in [9.17, 15) is 24.0 Å². The van der Waals surface area contributed by atoms with E-state index in [1.807, 2.05) is 45.0 Å². The fourth-order valence-electron chi connectivity index (χ4n) is 8.95. The van der Waals surface area contributed by atoms with E-state index in [4.69, 9.17) is 0 Å². The van der Waals surface area contributed by atoms with E-state index in [1.165, 1.54) is 6.08 Å². The van der Waals surface area contributed by atoms with Gasteiger partial charge in [0, 0.05) is 32.7 Å². The minimum atomic E-state index is -1.01. The third kappa shape index (κ3) is 8.44. The molecule has 294 valence electrons. The Balaban J connectivity index is 1.25. The van der Waals surface area contributed by atoms with E-state index < -0.39 is 53.2 Å². The van der Waals surface area contributed by atoms with Gasteiger partial charge in [-0.3, -0.25) is 19.2 Å². The monoisotopic (exact) mass is 745 g/mol. The first-order valence-corrected chi connectivity index (χ1v) is 19.8. The van der Waals surface area contributed by atoms with E-state index in [0.29, 0.717) is 45.4 Å². The summed E-state index contributed by atoms with van der Waals surface area (Å²) in [5.41, 5.74) is 1.62. The summed E-state index contributed by atoms with van der Waals surface area (Å²) in [6, 6.07) is 4.13. The average Bonchev–Trinajstić information content (AvgIpc) is 3.85. The molecule has 5 N–H and O–H groups in total. The number of hydrogen-bond donors (Lipinski definition) is 5. The van der Waals surface area contributed by atoms with Crippen LogP contribution in [0.1, 0.15) is 77.8 Å². The normalized spacial score (nSPS) is 24.8. The third-order valence-corrected chi connectivity index (χ3v) is 12.8. The van der Waals surface area contributed by atoms with Crippen LogP contribution >= 0.6 is 0 Å². The highest BCUT2D eigenvalue weighted by molar-refractivity contribution is 6.38. The third-order valence-electron chi connectivity index (χ3n) is 12.8. The van der Waals surface area contributed by atoms with Crippen LogP contribution in [0.4, 0.5) is 9.59 Å². The molecular formula is C41H59N7O6. The largest absolute Gasteiger partial charge is 0.346 e. The van der Waals surface area contributed by atoms with Gasteiger partial charge in [-0.25, -0.2) is 9.59 Å². The number of nitrogens with zero attached hydrogens (tertiary/aromatic N) is 2. The molecule has 5 fully saturated rings. The smallest absolute Gasteiger partial charge is 0.317 e. The van der Waals surface area contributed by atoms with Crippen LogP contribution in [0.3, 0.4) is 0 Å². The van der Waals surface area contributed by atoms with E-state index in [2.05, 4.69) is 47.0 Å². The molecule has 1 aromatic rings. The summed E-state index contributed by atoms with van der Waals surface area (Å²) in [5, 5.41) is 14.5. The Kier molecular flexibility index (Phi) is 11.5. The van der Waals surface area contributed by atoms with Gasteiger partial charge in [0.25, 0.3) is 5.91 Å². The number of fused-ring (bicyclic) bond motifs is 3. The van der Waals surface area contributed by atoms with E-state index >= 15 is 4.79 Å². The Morgan fingerprint density at radius 3 is 2.31 bits per heavy atom. The second-order valence-corrected chi connectivity index (χ2v) is 17.9. The van der Waals surface area contributed by atoms with Crippen molar-refractivity contribution < 1.29 is 28.8 Å². The number of nitrogens with one attached hydrogen (secondary N) is 5. The lowest BCUT2D eigenvalue weighted by Gasteiger charge is -2.63. The van der Waals surface area contributed by atoms with Gasteiger partial charge in [-0.15, -0.1) is 6.58 Å². The maximum absolute atomic E-state index is 15.0. The van der Waals surface area contributed by atoms with Crippen molar-refractivity contribution in [2.75, 3.05) is 32.7 Å². The highest BCUT2D eigenvalue weighted by Crippen LogP contribution is 2.57. The Labute approximate surface area is 319 Å². The SMILES string of the molecule is C=CCNC(=O)C(=O)C(CC1CC1)NC(=O)[C@@H]1C2CC(CN1C(=O)[C@@H](NC(=O)N[C@H](CN1CCCNC1=O)C(C)(C)C)C1Cc3ccccc3C1)C2(C)C. The molecule has 3 aliphatic heterocycles. The number of urea groups is 2. The molecule has 54 heavy (non-hydrogen) atoms. The van der Waals surface area contributed by atoms with Gasteiger partial charge >= 0.3 is 12.1 Å². The van der Waals surface area contributed by atoms with Gasteiger partial charge in [-0.2, -0.15) is 0 Å². The maximum Gasteiger partial charge on any atom is 0.317 e. The molecule has 7 amide bonds. The number of Topliss-reactive ketones (excluding diaryl/α,β-unsaturated/α-hetero) is 1. The lowest BCUT2D eigenvalue weighted by Crippen LogP contribution is -2.72. The second kappa shape index (κ2) is 15.7. The number of rotatable bonds is 14. The Morgan fingerprint density at radius 1 is 1.04 bits per heavy atom. The average molecular weight is 746 g/mol. The van der Waals surface area contributed by atoms with E-state index in [1.54, 1.807) is 9.80 Å². The first kappa shape index (κ1) is 39.3. The standard InChI is InChI=1S/C41H59N7O6/c1-7-15-42-36(51)34(49)30(18-24-13-14-24)44-35(50)33-29-21-28(41(29,5)6)22-48(33)37(52)32(27-19-25-11-8-9-12-26(25)20-27)46-38(53)45-31(40(2,3)4)23-47-17-10-16-43-39(47)54/h7-9,11-12,24,27-33H,1,10,13-23H2,2-6H3,(H,42,51)(H,43,54)(H,44,50)(H2,45,46,53)/t28?,29?,30?,31-,32+,33+/m1/s1. The molecule has 0 spiro atoms. The molecule has 13 heteroatoms. The van der Waals surface area contributed by atoms with Crippen molar-refractivity contribution in [3.8, 4) is 0 Å². The fraction of sp³-hybridized carbons (Fsp3) is 0.659. The van der Waals surface area contributed by atoms with Crippen molar-refractivity contribution in [2.45, 2.75) is 104 Å². The maximum atomic E-state index is 15.0. The number of ketones is 1. The molecule has 3 unspecified atom stereocenters. The summed E-state index contributed by atoms with van der Waals surface area (Å²) in [6.45, 7) is 15.9. The Hall–Kier alpha value is -4.42. The molecule has 6 atom stereocenters. The molecular weight excluding hydrogens is 686 g/mol. The summed E-state index contributed by atoms with van der Waals surface area (Å²) >= 11 is 0. The van der Waals surface area contributed by atoms with Crippen molar-refractivity contribution in [1.29, 1.82) is 0 Å². The molecule has 0 radical (unpaired) electrons. The molecule has 7 rings (SSSR count). The van der Waals surface area contributed by atoms with Crippen molar-refractivity contribution in [2.24, 2.45) is 34.5 Å². The van der Waals surface area contributed by atoms with Gasteiger partial charge < -0.3 is 36.4 Å². The molecule has 1 aromatic carbocycles. The molecule has 2 bridgehead atoms. The summed E-state index contributed by atoms with van der Waals surface area (Å²) in [4.78, 5) is 85.6. The number of benzene rings is 1. The van der Waals surface area contributed by atoms with Crippen molar-refractivity contribution in [3.05, 3.63) is 48.0 Å². The van der Waals surface area contributed by atoms with Crippen LogP contribution in [-0.4, -0.2) is 102 Å². The predicted molar refractivity (Wildman–Crippen MR) is 204 cm³/mol. The lowest BCUT2D eigenvalue weighted by molar-refractivity contribution is -0.178. The molecule has 3 saturated heterocycles. The van der Waals surface area contributed by atoms with Gasteiger partial charge in [0.1, 0.15) is 12.1 Å². The second-order valence-electron chi connectivity index (χ2n) is 17.9. The fourth-order valence-corrected chi connectivity index (χ4v) is 8.95. The van der Waals surface area contributed by atoms with E-state index in [0.717, 1.165) is 36.8 Å². The summed E-state index contributed by atoms with van der Waals surface area (Å²) in [6.07, 6.45) is 6.47. The number of carbonyl (C=O) groups excluding carboxylic acids is 6. The Bertz CT molecular complexity index is 1620. The van der Waals surface area contributed by atoms with Crippen molar-refractivity contribution in [1.82, 2.24) is 36.4 Å².